The molecule has 0 atom stereocenters. The Bertz CT molecular complexity index is 786. The summed E-state index contributed by atoms with van der Waals surface area (Å²) in [7, 11) is 1.77. The van der Waals surface area contributed by atoms with Gasteiger partial charge in [-0.15, -0.1) is 11.3 Å². The molecule has 0 aliphatic rings. The molecule has 0 spiro atoms. The minimum Gasteiger partial charge on any atom is -0.467 e. The fourth-order valence-electron chi connectivity index (χ4n) is 1.90. The Balaban J connectivity index is 1.59. The van der Waals surface area contributed by atoms with E-state index in [1.807, 2.05) is 30.3 Å². The highest BCUT2D eigenvalue weighted by molar-refractivity contribution is 8.01. The molecule has 7 heteroatoms. The minimum atomic E-state index is 0.0405. The monoisotopic (exact) mass is 352 g/mol. The first-order valence-corrected chi connectivity index (χ1v) is 8.75. The van der Waals surface area contributed by atoms with E-state index < -0.39 is 0 Å². The lowest BCUT2D eigenvalue weighted by Crippen LogP contribution is -2.27. The van der Waals surface area contributed by atoms with E-state index in [-0.39, 0.29) is 5.91 Å². The summed E-state index contributed by atoms with van der Waals surface area (Å²) in [5, 5.41) is 0.670. The van der Waals surface area contributed by atoms with Gasteiger partial charge in [-0.1, -0.05) is 23.4 Å². The molecule has 4 nitrogen and oxygen atoms in total. The number of carbonyl (C=O) groups excluding carboxylic acids is 1. The molecule has 114 valence electrons. The lowest BCUT2D eigenvalue weighted by molar-refractivity contribution is -0.127. The molecule has 0 N–H and O–H groups in total. The zero-order valence-electron chi connectivity index (χ0n) is 11.8. The molecule has 3 aromatic rings. The van der Waals surface area contributed by atoms with Gasteiger partial charge < -0.3 is 9.32 Å². The normalized spacial score (nSPS) is 11.0. The molecule has 0 aliphatic heterocycles. The summed E-state index contributed by atoms with van der Waals surface area (Å²) < 4.78 is 7.19. The summed E-state index contributed by atoms with van der Waals surface area (Å²) >= 11 is 8.97. The predicted molar refractivity (Wildman–Crippen MR) is 90.5 cm³/mol. The Labute approximate surface area is 141 Å². The van der Waals surface area contributed by atoms with Crippen molar-refractivity contribution in [2.45, 2.75) is 10.9 Å². The topological polar surface area (TPSA) is 46.3 Å². The number of furan rings is 1. The molecular weight excluding hydrogens is 340 g/mol. The van der Waals surface area contributed by atoms with Gasteiger partial charge in [0.25, 0.3) is 0 Å². The highest BCUT2D eigenvalue weighted by Gasteiger charge is 2.13. The number of thiazole rings is 1. The van der Waals surface area contributed by atoms with Gasteiger partial charge in [-0.3, -0.25) is 4.79 Å². The Morgan fingerprint density at radius 2 is 2.32 bits per heavy atom. The van der Waals surface area contributed by atoms with Crippen molar-refractivity contribution < 1.29 is 9.21 Å². The molecule has 1 aromatic carbocycles. The molecule has 2 heterocycles. The number of halogens is 1. The van der Waals surface area contributed by atoms with Gasteiger partial charge in [-0.05, 0) is 30.3 Å². The van der Waals surface area contributed by atoms with Crippen molar-refractivity contribution in [3.8, 4) is 0 Å². The third-order valence-corrected chi connectivity index (χ3v) is 5.45. The van der Waals surface area contributed by atoms with Gasteiger partial charge in [0.05, 0.1) is 28.8 Å². The number of nitrogens with zero attached hydrogens (tertiary/aromatic N) is 2. The lowest BCUT2D eigenvalue weighted by atomic mass is 10.3. The molecule has 0 aliphatic carbocycles. The molecule has 0 unspecified atom stereocenters. The van der Waals surface area contributed by atoms with Gasteiger partial charge in [-0.25, -0.2) is 4.98 Å². The minimum absolute atomic E-state index is 0.0405. The quantitative estimate of drug-likeness (QED) is 0.642. The molecule has 0 radical (unpaired) electrons. The fourth-order valence-corrected chi connectivity index (χ4v) is 4.06. The van der Waals surface area contributed by atoms with Crippen LogP contribution < -0.4 is 0 Å². The van der Waals surface area contributed by atoms with Crippen LogP contribution in [0.1, 0.15) is 5.76 Å². The standard InChI is InChI=1S/C15H13ClN2O2S2/c1-18(8-11-3-2-6-20-11)14(19)9-21-15-17-12-7-10(16)4-5-13(12)22-15/h2-7H,8-9H2,1H3. The number of aromatic nitrogens is 1. The maximum atomic E-state index is 12.1. The Morgan fingerprint density at radius 1 is 1.45 bits per heavy atom. The van der Waals surface area contributed by atoms with Crippen LogP contribution in [0.3, 0.4) is 0 Å². The Morgan fingerprint density at radius 3 is 3.09 bits per heavy atom. The van der Waals surface area contributed by atoms with Crippen LogP contribution in [0.5, 0.6) is 0 Å². The van der Waals surface area contributed by atoms with Crippen LogP contribution in [0.4, 0.5) is 0 Å². The highest BCUT2D eigenvalue weighted by Crippen LogP contribution is 2.31. The number of hydrogen-bond acceptors (Lipinski definition) is 5. The van der Waals surface area contributed by atoms with Crippen LogP contribution in [0.15, 0.2) is 45.4 Å². The van der Waals surface area contributed by atoms with Gasteiger partial charge in [-0.2, -0.15) is 0 Å². The molecule has 0 bridgehead atoms. The number of fused-ring (bicyclic) bond motifs is 1. The summed E-state index contributed by atoms with van der Waals surface area (Å²) in [5.74, 6) is 1.17. The van der Waals surface area contributed by atoms with Crippen molar-refractivity contribution in [3.63, 3.8) is 0 Å². The van der Waals surface area contributed by atoms with Gasteiger partial charge in [0, 0.05) is 12.1 Å². The lowest BCUT2D eigenvalue weighted by Gasteiger charge is -2.14. The zero-order chi connectivity index (χ0) is 15.5. The Kier molecular flexibility index (Phi) is 4.71. The van der Waals surface area contributed by atoms with Crippen molar-refractivity contribution in [2.24, 2.45) is 0 Å². The van der Waals surface area contributed by atoms with Crippen LogP contribution in [0.2, 0.25) is 5.02 Å². The van der Waals surface area contributed by atoms with E-state index in [0.29, 0.717) is 17.3 Å². The van der Waals surface area contributed by atoms with E-state index in [4.69, 9.17) is 16.0 Å². The van der Waals surface area contributed by atoms with E-state index in [9.17, 15) is 4.79 Å². The largest absolute Gasteiger partial charge is 0.467 e. The second-order valence-corrected chi connectivity index (χ2v) is 7.40. The predicted octanol–water partition coefficient (Wildman–Crippen LogP) is 4.29. The number of hydrogen-bond donors (Lipinski definition) is 0. The molecule has 0 saturated carbocycles. The van der Waals surface area contributed by atoms with Crippen LogP contribution in [0, 0.1) is 0 Å². The van der Waals surface area contributed by atoms with E-state index in [1.54, 1.807) is 29.5 Å². The third-order valence-electron chi connectivity index (χ3n) is 3.05. The zero-order valence-corrected chi connectivity index (χ0v) is 14.2. The number of rotatable bonds is 5. The van der Waals surface area contributed by atoms with Crippen molar-refractivity contribution >= 4 is 50.8 Å². The maximum absolute atomic E-state index is 12.1. The molecule has 1 amide bonds. The summed E-state index contributed by atoms with van der Waals surface area (Å²) in [6.07, 6.45) is 1.61. The highest BCUT2D eigenvalue weighted by atomic mass is 35.5. The first-order valence-electron chi connectivity index (χ1n) is 6.57. The van der Waals surface area contributed by atoms with Gasteiger partial charge in [0.15, 0.2) is 4.34 Å². The maximum Gasteiger partial charge on any atom is 0.233 e. The van der Waals surface area contributed by atoms with Crippen LogP contribution in [-0.4, -0.2) is 28.6 Å². The average Bonchev–Trinajstić information content (AvgIpc) is 3.13. The first kappa shape index (κ1) is 15.4. The van der Waals surface area contributed by atoms with Crippen LogP contribution >= 0.6 is 34.7 Å². The second kappa shape index (κ2) is 6.73. The van der Waals surface area contributed by atoms with E-state index >= 15 is 0 Å². The average molecular weight is 353 g/mol. The smallest absolute Gasteiger partial charge is 0.233 e. The van der Waals surface area contributed by atoms with Crippen molar-refractivity contribution in [1.82, 2.24) is 9.88 Å². The van der Waals surface area contributed by atoms with Gasteiger partial charge in [0.2, 0.25) is 5.91 Å². The molecule has 3 rings (SSSR count). The molecule has 0 saturated heterocycles. The molecular formula is C15H13ClN2O2S2. The van der Waals surface area contributed by atoms with Crippen LogP contribution in [-0.2, 0) is 11.3 Å². The van der Waals surface area contributed by atoms with Crippen LogP contribution in [0.25, 0.3) is 10.2 Å². The van der Waals surface area contributed by atoms with Crippen molar-refractivity contribution in [2.75, 3.05) is 12.8 Å². The van der Waals surface area contributed by atoms with Crippen molar-refractivity contribution in [3.05, 3.63) is 47.4 Å². The molecule has 0 fully saturated rings. The number of benzene rings is 1. The number of carbonyl (C=O) groups is 1. The Hall–Kier alpha value is -1.50. The van der Waals surface area contributed by atoms with E-state index in [1.165, 1.54) is 11.8 Å². The third kappa shape index (κ3) is 3.63. The second-order valence-electron chi connectivity index (χ2n) is 4.71. The number of amides is 1. The van der Waals surface area contributed by atoms with Gasteiger partial charge >= 0.3 is 0 Å². The van der Waals surface area contributed by atoms with Crippen molar-refractivity contribution in [1.29, 1.82) is 0 Å². The molecule has 2 aromatic heterocycles. The fraction of sp³-hybridized carbons (Fsp3) is 0.200. The summed E-state index contributed by atoms with van der Waals surface area (Å²) in [4.78, 5) is 18.3. The summed E-state index contributed by atoms with van der Waals surface area (Å²) in [6.45, 7) is 0.474. The van der Waals surface area contributed by atoms with E-state index in [0.717, 1.165) is 20.3 Å². The van der Waals surface area contributed by atoms with E-state index in [2.05, 4.69) is 4.98 Å². The summed E-state index contributed by atoms with van der Waals surface area (Å²) in [5.41, 5.74) is 0.872. The molecule has 22 heavy (non-hydrogen) atoms. The summed E-state index contributed by atoms with van der Waals surface area (Å²) in [6, 6.07) is 9.30. The SMILES string of the molecule is CN(Cc1ccco1)C(=O)CSc1nc2cc(Cl)ccc2s1. The van der Waals surface area contributed by atoms with Gasteiger partial charge in [0.1, 0.15) is 5.76 Å². The first-order chi connectivity index (χ1) is 10.6. The number of thioether (sulfide) groups is 1.